The third-order valence-electron chi connectivity index (χ3n) is 4.90. The molecule has 3 aromatic carbocycles. The van der Waals surface area contributed by atoms with Gasteiger partial charge in [-0.15, -0.1) is 0 Å². The maximum Gasteiger partial charge on any atom is 0.279 e. The van der Waals surface area contributed by atoms with Crippen molar-refractivity contribution in [2.24, 2.45) is 0 Å². The summed E-state index contributed by atoms with van der Waals surface area (Å²) in [6.07, 6.45) is 1.52. The van der Waals surface area contributed by atoms with E-state index in [0.717, 1.165) is 15.9 Å². The van der Waals surface area contributed by atoms with Crippen molar-refractivity contribution in [3.63, 3.8) is 0 Å². The first-order valence-corrected chi connectivity index (χ1v) is 10.1. The number of benzene rings is 3. The van der Waals surface area contributed by atoms with Crippen LogP contribution in [-0.4, -0.2) is 26.8 Å². The molecular weight excluding hydrogens is 417 g/mol. The van der Waals surface area contributed by atoms with Crippen molar-refractivity contribution >= 4 is 28.6 Å². The lowest BCUT2D eigenvalue weighted by Crippen LogP contribution is -2.22. The smallest absolute Gasteiger partial charge is 0.279 e. The van der Waals surface area contributed by atoms with E-state index in [4.69, 9.17) is 11.6 Å². The van der Waals surface area contributed by atoms with Gasteiger partial charge in [-0.1, -0.05) is 41.9 Å². The van der Waals surface area contributed by atoms with Crippen LogP contribution >= 0.6 is 11.6 Å². The molecule has 0 aliphatic rings. The maximum atomic E-state index is 13.6. The van der Waals surface area contributed by atoms with E-state index < -0.39 is 5.82 Å². The molecule has 0 saturated carbocycles. The minimum Gasteiger partial charge on any atom is -0.624 e. The second kappa shape index (κ2) is 8.32. The average molecular weight is 436 g/mol. The molecule has 0 bridgehead atoms. The summed E-state index contributed by atoms with van der Waals surface area (Å²) in [5.74, 6) is -0.574. The fraction of sp³-hybridized carbons (Fsp3) is 0.125. The van der Waals surface area contributed by atoms with Crippen LogP contribution in [0.2, 0.25) is 5.02 Å². The highest BCUT2D eigenvalue weighted by Gasteiger charge is 2.15. The summed E-state index contributed by atoms with van der Waals surface area (Å²) in [5.41, 5.74) is 2.04. The average Bonchev–Trinajstić information content (AvgIpc) is 2.76. The Kier molecular flexibility index (Phi) is 5.57. The summed E-state index contributed by atoms with van der Waals surface area (Å²) < 4.78 is 15.7. The molecule has 31 heavy (non-hydrogen) atoms. The van der Waals surface area contributed by atoms with Crippen molar-refractivity contribution in [3.05, 3.63) is 98.7 Å². The minimum atomic E-state index is -0.574. The van der Waals surface area contributed by atoms with Crippen LogP contribution in [0.5, 0.6) is 0 Å². The van der Waals surface area contributed by atoms with Gasteiger partial charge in [0.2, 0.25) is 0 Å². The van der Waals surface area contributed by atoms with Gasteiger partial charge in [-0.25, -0.2) is 9.13 Å². The first kappa shape index (κ1) is 20.8. The number of hydrogen-bond acceptors (Lipinski definition) is 3. The monoisotopic (exact) mass is 435 g/mol. The molecule has 0 radical (unpaired) electrons. The van der Waals surface area contributed by atoms with Crippen molar-refractivity contribution in [3.8, 4) is 16.9 Å². The molecule has 156 valence electrons. The van der Waals surface area contributed by atoms with E-state index in [9.17, 15) is 14.4 Å². The van der Waals surface area contributed by atoms with Crippen LogP contribution in [0, 0.1) is 11.0 Å². The highest BCUT2D eigenvalue weighted by Crippen LogP contribution is 2.26. The van der Waals surface area contributed by atoms with Crippen LogP contribution in [0.4, 0.5) is 4.39 Å². The van der Waals surface area contributed by atoms with Crippen molar-refractivity contribution in [2.45, 2.75) is 19.9 Å². The number of aromatic nitrogens is 2. The van der Waals surface area contributed by atoms with E-state index >= 15 is 0 Å². The second-order valence-corrected chi connectivity index (χ2v) is 7.82. The van der Waals surface area contributed by atoms with Crippen LogP contribution < -0.4 is 5.56 Å². The first-order chi connectivity index (χ1) is 14.8. The van der Waals surface area contributed by atoms with Crippen LogP contribution in [0.3, 0.4) is 0 Å². The Bertz CT molecular complexity index is 1380. The highest BCUT2D eigenvalue weighted by atomic mass is 35.5. The molecular formula is C24H19ClFN3O2. The molecule has 0 aliphatic carbocycles. The quantitative estimate of drug-likeness (QED) is 0.192. The molecule has 0 amide bonds. The van der Waals surface area contributed by atoms with E-state index in [2.05, 4.69) is 5.10 Å². The van der Waals surface area contributed by atoms with Gasteiger partial charge in [0.25, 0.3) is 5.56 Å². The van der Waals surface area contributed by atoms with Crippen molar-refractivity contribution in [1.29, 1.82) is 0 Å². The topological polar surface area (TPSA) is 61.0 Å². The van der Waals surface area contributed by atoms with Gasteiger partial charge >= 0.3 is 0 Å². The molecule has 0 atom stereocenters. The van der Waals surface area contributed by atoms with E-state index in [1.54, 1.807) is 12.1 Å². The number of rotatable bonds is 4. The summed E-state index contributed by atoms with van der Waals surface area (Å²) in [7, 11) is 0. The summed E-state index contributed by atoms with van der Waals surface area (Å²) in [6.45, 7) is 3.62. The molecule has 1 heterocycles. The maximum absolute atomic E-state index is 13.6. The number of fused-ring (bicyclic) bond motifs is 1. The normalized spacial score (nSPS) is 12.0. The zero-order chi connectivity index (χ0) is 22.1. The van der Waals surface area contributed by atoms with Crippen molar-refractivity contribution in [2.75, 3.05) is 0 Å². The molecule has 0 aliphatic heterocycles. The van der Waals surface area contributed by atoms with Gasteiger partial charge in [-0.3, -0.25) is 4.79 Å². The van der Waals surface area contributed by atoms with Gasteiger partial charge in [0.1, 0.15) is 5.82 Å². The van der Waals surface area contributed by atoms with Gasteiger partial charge in [0.15, 0.2) is 12.3 Å². The van der Waals surface area contributed by atoms with Gasteiger partial charge < -0.3 is 5.21 Å². The molecule has 0 spiro atoms. The van der Waals surface area contributed by atoms with E-state index in [-0.39, 0.29) is 16.6 Å². The molecule has 1 aromatic heterocycles. The summed E-state index contributed by atoms with van der Waals surface area (Å²) >= 11 is 5.93. The van der Waals surface area contributed by atoms with E-state index in [0.29, 0.717) is 22.2 Å². The largest absolute Gasteiger partial charge is 0.624 e. The van der Waals surface area contributed by atoms with Gasteiger partial charge in [-0.2, -0.15) is 9.78 Å². The molecule has 4 rings (SSSR count). The van der Waals surface area contributed by atoms with Gasteiger partial charge in [0, 0.05) is 16.5 Å². The van der Waals surface area contributed by atoms with E-state index in [1.807, 2.05) is 50.2 Å². The Balaban J connectivity index is 1.97. The highest BCUT2D eigenvalue weighted by molar-refractivity contribution is 6.30. The first-order valence-electron chi connectivity index (χ1n) is 9.73. The Morgan fingerprint density at radius 2 is 1.81 bits per heavy atom. The Morgan fingerprint density at radius 3 is 2.52 bits per heavy atom. The standard InChI is InChI=1S/C24H19ClFN3O2/c1-15(2)28(31)14-16-6-5-7-17(12-16)23-19-8-3-4-9-20(19)24(30)29(27-23)18-10-11-22(26)21(25)13-18/h3-15H,1-2H3/b28-14+. The van der Waals surface area contributed by atoms with Crippen LogP contribution in [0.25, 0.3) is 27.7 Å². The van der Waals surface area contributed by atoms with Crippen molar-refractivity contribution in [1.82, 2.24) is 9.78 Å². The summed E-state index contributed by atoms with van der Waals surface area (Å²) in [4.78, 5) is 13.1. The van der Waals surface area contributed by atoms with Gasteiger partial charge in [0.05, 0.1) is 21.8 Å². The third kappa shape index (κ3) is 4.07. The van der Waals surface area contributed by atoms with Crippen LogP contribution in [0.1, 0.15) is 19.4 Å². The number of hydrogen-bond donors (Lipinski definition) is 0. The predicted octanol–water partition coefficient (Wildman–Crippen LogP) is 5.18. The van der Waals surface area contributed by atoms with E-state index in [1.165, 1.54) is 29.1 Å². The SMILES string of the molecule is CC(C)/[N+]([O-])=C\c1cccc(-c2nn(-c3ccc(F)c(Cl)c3)c(=O)c3ccccc23)c1. The number of halogens is 2. The zero-order valence-corrected chi connectivity index (χ0v) is 17.7. The minimum absolute atomic E-state index is 0.0956. The fourth-order valence-electron chi connectivity index (χ4n) is 3.26. The van der Waals surface area contributed by atoms with Gasteiger partial charge in [-0.05, 0) is 50.2 Å². The second-order valence-electron chi connectivity index (χ2n) is 7.42. The summed E-state index contributed by atoms with van der Waals surface area (Å²) in [6, 6.07) is 18.4. The lowest BCUT2D eigenvalue weighted by atomic mass is 10.0. The Hall–Kier alpha value is -3.51. The predicted molar refractivity (Wildman–Crippen MR) is 122 cm³/mol. The Labute approximate surface area is 183 Å². The molecule has 4 aromatic rings. The molecule has 7 heteroatoms. The lowest BCUT2D eigenvalue weighted by Gasteiger charge is -2.12. The Morgan fingerprint density at radius 1 is 1.06 bits per heavy atom. The van der Waals surface area contributed by atoms with Crippen molar-refractivity contribution < 1.29 is 9.13 Å². The third-order valence-corrected chi connectivity index (χ3v) is 5.19. The molecule has 5 nitrogen and oxygen atoms in total. The van der Waals surface area contributed by atoms with Crippen LogP contribution in [-0.2, 0) is 0 Å². The van der Waals surface area contributed by atoms with Crippen LogP contribution in [0.15, 0.2) is 71.5 Å². The zero-order valence-electron chi connectivity index (χ0n) is 16.9. The molecule has 0 unspecified atom stereocenters. The molecule has 0 saturated heterocycles. The number of hydroxylamine groups is 1. The lowest BCUT2D eigenvalue weighted by molar-refractivity contribution is -0.487. The number of nitrogens with zero attached hydrogens (tertiary/aromatic N) is 3. The molecule has 0 fully saturated rings. The summed E-state index contributed by atoms with van der Waals surface area (Å²) in [5, 5.41) is 17.7. The fourth-order valence-corrected chi connectivity index (χ4v) is 3.43. The molecule has 0 N–H and O–H groups in total.